The lowest BCUT2D eigenvalue weighted by Gasteiger charge is -2.20. The van der Waals surface area contributed by atoms with Crippen molar-refractivity contribution in [3.63, 3.8) is 0 Å². The van der Waals surface area contributed by atoms with E-state index in [0.29, 0.717) is 18.7 Å². The molecule has 0 aliphatic carbocycles. The van der Waals surface area contributed by atoms with Crippen LogP contribution in [0.2, 0.25) is 0 Å². The molecule has 124 valence electrons. The number of nitrogens with two attached hydrogens (primary N) is 1. The fourth-order valence-corrected chi connectivity index (χ4v) is 2.22. The first-order valence-corrected chi connectivity index (χ1v) is 7.15. The maximum atomic E-state index is 12.0. The highest BCUT2D eigenvalue weighted by atomic mass is 16.6. The van der Waals surface area contributed by atoms with Crippen molar-refractivity contribution in [1.29, 1.82) is 0 Å². The Labute approximate surface area is 133 Å². The van der Waals surface area contributed by atoms with Crippen LogP contribution in [0.3, 0.4) is 0 Å². The minimum atomic E-state index is -0.686. The van der Waals surface area contributed by atoms with E-state index in [-0.39, 0.29) is 19.1 Å². The average Bonchev–Trinajstić information content (AvgIpc) is 2.93. The summed E-state index contributed by atoms with van der Waals surface area (Å²) in [5.74, 6) is -0.733. The zero-order chi connectivity index (χ0) is 16.8. The van der Waals surface area contributed by atoms with Gasteiger partial charge in [-0.05, 0) is 17.7 Å². The van der Waals surface area contributed by atoms with Crippen molar-refractivity contribution in [3.05, 3.63) is 35.4 Å². The molecule has 1 fully saturated rings. The van der Waals surface area contributed by atoms with Crippen LogP contribution in [0.5, 0.6) is 0 Å². The van der Waals surface area contributed by atoms with Gasteiger partial charge < -0.3 is 20.5 Å². The zero-order valence-corrected chi connectivity index (χ0v) is 12.8. The molecule has 3 N–H and O–H groups in total. The molecular weight excluding hydrogens is 302 g/mol. The van der Waals surface area contributed by atoms with Crippen molar-refractivity contribution in [3.8, 4) is 0 Å². The lowest BCUT2D eigenvalue weighted by Crippen LogP contribution is -2.46. The highest BCUT2D eigenvalue weighted by molar-refractivity contribution is 5.89. The molecule has 1 atom stereocenters. The van der Waals surface area contributed by atoms with Gasteiger partial charge in [0, 0.05) is 13.1 Å². The van der Waals surface area contributed by atoms with E-state index in [2.05, 4.69) is 10.1 Å². The maximum Gasteiger partial charge on any atom is 0.410 e. The van der Waals surface area contributed by atoms with E-state index < -0.39 is 18.1 Å². The lowest BCUT2D eigenvalue weighted by molar-refractivity contribution is -0.124. The summed E-state index contributed by atoms with van der Waals surface area (Å²) < 4.78 is 9.58. The molecule has 1 aromatic carbocycles. The standard InChI is InChI=1S/C15H19N3O5/c1-22-14(20)11-4-2-10(3-5-11)8-18-12(9-23-15(18)21)13(19)17-7-6-16/h2-5,12H,6-9,16H2,1H3,(H,17,19)/t12-/m0/s1. The molecule has 1 aliphatic rings. The van der Waals surface area contributed by atoms with Crippen LogP contribution in [0.25, 0.3) is 0 Å². The number of ether oxygens (including phenoxy) is 2. The van der Waals surface area contributed by atoms with E-state index in [1.807, 2.05) is 0 Å². The summed E-state index contributed by atoms with van der Waals surface area (Å²) in [5, 5.41) is 2.64. The fraction of sp³-hybridized carbons (Fsp3) is 0.400. The second-order valence-electron chi connectivity index (χ2n) is 4.99. The molecule has 0 saturated carbocycles. The third kappa shape index (κ3) is 3.98. The van der Waals surface area contributed by atoms with Crippen molar-refractivity contribution in [2.75, 3.05) is 26.8 Å². The summed E-state index contributed by atoms with van der Waals surface area (Å²) >= 11 is 0. The predicted molar refractivity (Wildman–Crippen MR) is 80.5 cm³/mol. The smallest absolute Gasteiger partial charge is 0.410 e. The Kier molecular flexibility index (Phi) is 5.53. The van der Waals surface area contributed by atoms with Crippen LogP contribution in [0, 0.1) is 0 Å². The van der Waals surface area contributed by atoms with Gasteiger partial charge in [0.1, 0.15) is 12.6 Å². The number of nitrogens with one attached hydrogen (secondary N) is 1. The first-order chi connectivity index (χ1) is 11.1. The first-order valence-electron chi connectivity index (χ1n) is 7.15. The van der Waals surface area contributed by atoms with E-state index >= 15 is 0 Å². The first kappa shape index (κ1) is 16.8. The summed E-state index contributed by atoms with van der Waals surface area (Å²) in [5.41, 5.74) is 6.53. The number of rotatable bonds is 6. The average molecular weight is 321 g/mol. The van der Waals surface area contributed by atoms with Gasteiger partial charge in [0.25, 0.3) is 0 Å². The molecule has 2 amide bonds. The maximum absolute atomic E-state index is 12.0. The van der Waals surface area contributed by atoms with Crippen LogP contribution in [-0.2, 0) is 20.8 Å². The van der Waals surface area contributed by atoms with Gasteiger partial charge in [-0.2, -0.15) is 0 Å². The Morgan fingerprint density at radius 3 is 2.70 bits per heavy atom. The van der Waals surface area contributed by atoms with E-state index in [1.54, 1.807) is 24.3 Å². The Hall–Kier alpha value is -2.61. The predicted octanol–water partition coefficient (Wildman–Crippen LogP) is -0.131. The Balaban J connectivity index is 2.05. The van der Waals surface area contributed by atoms with Gasteiger partial charge in [0.15, 0.2) is 0 Å². The minimum absolute atomic E-state index is 0.00941. The number of amides is 2. The second-order valence-corrected chi connectivity index (χ2v) is 4.99. The SMILES string of the molecule is COC(=O)c1ccc(CN2C(=O)OC[C@H]2C(=O)NCCN)cc1. The van der Waals surface area contributed by atoms with Crippen molar-refractivity contribution >= 4 is 18.0 Å². The number of benzene rings is 1. The fourth-order valence-electron chi connectivity index (χ4n) is 2.22. The number of hydrogen-bond donors (Lipinski definition) is 2. The molecule has 23 heavy (non-hydrogen) atoms. The van der Waals surface area contributed by atoms with Gasteiger partial charge in [-0.3, -0.25) is 9.69 Å². The minimum Gasteiger partial charge on any atom is -0.465 e. The molecule has 1 aromatic rings. The second kappa shape index (κ2) is 7.59. The summed E-state index contributed by atoms with van der Waals surface area (Å²) in [4.78, 5) is 36.6. The number of carbonyl (C=O) groups is 3. The summed E-state index contributed by atoms with van der Waals surface area (Å²) in [7, 11) is 1.31. The largest absolute Gasteiger partial charge is 0.465 e. The van der Waals surface area contributed by atoms with Gasteiger partial charge in [-0.25, -0.2) is 9.59 Å². The molecule has 0 unspecified atom stereocenters. The number of esters is 1. The monoisotopic (exact) mass is 321 g/mol. The Morgan fingerprint density at radius 2 is 2.09 bits per heavy atom. The molecule has 0 radical (unpaired) electrons. The molecule has 0 aromatic heterocycles. The van der Waals surface area contributed by atoms with Crippen LogP contribution in [0.15, 0.2) is 24.3 Å². The molecule has 1 saturated heterocycles. The number of nitrogens with zero attached hydrogens (tertiary/aromatic N) is 1. The van der Waals surface area contributed by atoms with Crippen LogP contribution < -0.4 is 11.1 Å². The summed E-state index contributed by atoms with van der Waals surface area (Å²) in [6.45, 7) is 0.879. The van der Waals surface area contributed by atoms with Gasteiger partial charge in [-0.1, -0.05) is 12.1 Å². The van der Waals surface area contributed by atoms with Gasteiger partial charge >= 0.3 is 12.1 Å². The van der Waals surface area contributed by atoms with E-state index in [1.165, 1.54) is 12.0 Å². The molecule has 2 rings (SSSR count). The summed E-state index contributed by atoms with van der Waals surface area (Å²) in [6.07, 6.45) is -0.546. The highest BCUT2D eigenvalue weighted by Crippen LogP contribution is 2.17. The van der Waals surface area contributed by atoms with Crippen LogP contribution >= 0.6 is 0 Å². The van der Waals surface area contributed by atoms with Crippen molar-refractivity contribution in [2.45, 2.75) is 12.6 Å². The van der Waals surface area contributed by atoms with E-state index in [0.717, 1.165) is 5.56 Å². The quantitative estimate of drug-likeness (QED) is 0.706. The van der Waals surface area contributed by atoms with E-state index in [4.69, 9.17) is 10.5 Å². The molecule has 0 bridgehead atoms. The van der Waals surface area contributed by atoms with Gasteiger partial charge in [0.05, 0.1) is 19.2 Å². The topological polar surface area (TPSA) is 111 Å². The van der Waals surface area contributed by atoms with Crippen LogP contribution in [0.4, 0.5) is 4.79 Å². The van der Waals surface area contributed by atoms with Crippen LogP contribution in [-0.4, -0.2) is 55.7 Å². The number of cyclic esters (lactones) is 1. The third-order valence-electron chi connectivity index (χ3n) is 3.45. The molecule has 1 heterocycles. The Morgan fingerprint density at radius 1 is 1.39 bits per heavy atom. The molecule has 8 heteroatoms. The summed E-state index contributed by atoms with van der Waals surface area (Å²) in [6, 6.07) is 5.92. The lowest BCUT2D eigenvalue weighted by atomic mass is 10.1. The number of hydrogen-bond acceptors (Lipinski definition) is 6. The third-order valence-corrected chi connectivity index (χ3v) is 3.45. The van der Waals surface area contributed by atoms with Gasteiger partial charge in [-0.15, -0.1) is 0 Å². The van der Waals surface area contributed by atoms with Crippen molar-refractivity contribution in [1.82, 2.24) is 10.2 Å². The van der Waals surface area contributed by atoms with Gasteiger partial charge in [0.2, 0.25) is 5.91 Å². The molecule has 0 spiro atoms. The van der Waals surface area contributed by atoms with Crippen LogP contribution in [0.1, 0.15) is 15.9 Å². The van der Waals surface area contributed by atoms with E-state index in [9.17, 15) is 14.4 Å². The number of carbonyl (C=O) groups excluding carboxylic acids is 3. The number of methoxy groups -OCH3 is 1. The highest BCUT2D eigenvalue weighted by Gasteiger charge is 2.37. The Bertz CT molecular complexity index is 587. The van der Waals surface area contributed by atoms with Crippen molar-refractivity contribution < 1.29 is 23.9 Å². The normalized spacial score (nSPS) is 16.9. The molecule has 8 nitrogen and oxygen atoms in total. The zero-order valence-electron chi connectivity index (χ0n) is 12.8. The van der Waals surface area contributed by atoms with Crippen molar-refractivity contribution in [2.24, 2.45) is 5.73 Å². The molecular formula is C15H19N3O5. The molecule has 1 aliphatic heterocycles.